The number of nitrogens with one attached hydrogen (secondary N) is 2. The quantitative estimate of drug-likeness (QED) is 0.632. The average Bonchev–Trinajstić information content (AvgIpc) is 2.33. The van der Waals surface area contributed by atoms with Crippen LogP contribution in [0.1, 0.15) is 53.9 Å². The molecule has 0 aliphatic rings. The molecule has 0 bridgehead atoms. The number of carbonyl (C=O) groups excluding carboxylic acids is 2. The molecule has 5 heteroatoms. The Bertz CT molecular complexity index is 320. The van der Waals surface area contributed by atoms with Crippen LogP contribution in [0.25, 0.3) is 0 Å². The van der Waals surface area contributed by atoms with Gasteiger partial charge in [-0.25, -0.2) is 0 Å². The summed E-state index contributed by atoms with van der Waals surface area (Å²) in [5.74, 6) is -0.107. The van der Waals surface area contributed by atoms with Crippen LogP contribution < -0.4 is 10.6 Å². The van der Waals surface area contributed by atoms with E-state index in [2.05, 4.69) is 24.5 Å². The van der Waals surface area contributed by atoms with Gasteiger partial charge in [0.1, 0.15) is 0 Å². The van der Waals surface area contributed by atoms with Crippen molar-refractivity contribution in [3.63, 3.8) is 0 Å². The van der Waals surface area contributed by atoms with Gasteiger partial charge in [0.2, 0.25) is 11.8 Å². The summed E-state index contributed by atoms with van der Waals surface area (Å²) in [5, 5.41) is 14.4. The highest BCUT2D eigenvalue weighted by molar-refractivity contribution is 5.82. The normalized spacial score (nSPS) is 12.1. The van der Waals surface area contributed by atoms with Gasteiger partial charge in [-0.3, -0.25) is 9.59 Å². The van der Waals surface area contributed by atoms with Crippen molar-refractivity contribution < 1.29 is 14.7 Å². The van der Waals surface area contributed by atoms with E-state index in [0.717, 1.165) is 12.8 Å². The number of rotatable bonds is 8. The zero-order valence-corrected chi connectivity index (χ0v) is 13.5. The molecule has 3 N–H and O–H groups in total. The van der Waals surface area contributed by atoms with Crippen LogP contribution in [0.15, 0.2) is 0 Å². The van der Waals surface area contributed by atoms with Crippen LogP contribution in [0.4, 0.5) is 0 Å². The lowest BCUT2D eigenvalue weighted by Gasteiger charge is -2.24. The Labute approximate surface area is 122 Å². The van der Waals surface area contributed by atoms with Gasteiger partial charge in [0.15, 0.2) is 0 Å². The highest BCUT2D eigenvalue weighted by atomic mass is 16.3. The van der Waals surface area contributed by atoms with Crippen LogP contribution in [0.2, 0.25) is 0 Å². The van der Waals surface area contributed by atoms with Gasteiger partial charge in [0.25, 0.3) is 0 Å². The molecular formula is C15H30N2O3. The molecule has 0 aromatic carbocycles. The summed E-state index contributed by atoms with van der Waals surface area (Å²) < 4.78 is 0. The van der Waals surface area contributed by atoms with E-state index in [0.29, 0.717) is 13.1 Å². The first-order valence-electron chi connectivity index (χ1n) is 7.24. The Morgan fingerprint density at radius 3 is 2.15 bits per heavy atom. The number of hydrogen-bond donors (Lipinski definition) is 3. The summed E-state index contributed by atoms with van der Waals surface area (Å²) >= 11 is 0. The third-order valence-electron chi connectivity index (χ3n) is 3.09. The van der Waals surface area contributed by atoms with Crippen molar-refractivity contribution in [1.29, 1.82) is 0 Å². The predicted molar refractivity (Wildman–Crippen MR) is 80.2 cm³/mol. The van der Waals surface area contributed by atoms with Crippen molar-refractivity contribution in [3.8, 4) is 0 Å². The molecule has 118 valence electrons. The molecule has 0 aromatic heterocycles. The third-order valence-corrected chi connectivity index (χ3v) is 3.09. The van der Waals surface area contributed by atoms with E-state index in [9.17, 15) is 9.59 Å². The standard InChI is InChI=1S/C15H30N2O3/c1-14(2,3)13(20)16-9-7-12(19)17-11-15(4,5)8-6-10-18/h18H,6-11H2,1-5H3,(H,16,20)(H,17,19). The van der Waals surface area contributed by atoms with E-state index < -0.39 is 5.41 Å². The molecule has 0 heterocycles. The Balaban J connectivity index is 3.87. The Kier molecular flexibility index (Phi) is 7.79. The SMILES string of the molecule is CC(C)(CCCO)CNC(=O)CCNC(=O)C(C)(C)C. The van der Waals surface area contributed by atoms with Crippen molar-refractivity contribution in [2.24, 2.45) is 10.8 Å². The predicted octanol–water partition coefficient (Wildman–Crippen LogP) is 1.45. The lowest BCUT2D eigenvalue weighted by molar-refractivity contribution is -0.128. The summed E-state index contributed by atoms with van der Waals surface area (Å²) in [4.78, 5) is 23.3. The maximum Gasteiger partial charge on any atom is 0.225 e. The number of hydrogen-bond acceptors (Lipinski definition) is 3. The molecule has 0 aromatic rings. The summed E-state index contributed by atoms with van der Waals surface area (Å²) in [6.07, 6.45) is 1.90. The maximum atomic E-state index is 11.7. The summed E-state index contributed by atoms with van der Waals surface area (Å²) in [6.45, 7) is 10.8. The highest BCUT2D eigenvalue weighted by Crippen LogP contribution is 2.20. The topological polar surface area (TPSA) is 78.4 Å². The van der Waals surface area contributed by atoms with Crippen molar-refractivity contribution >= 4 is 11.8 Å². The molecule has 20 heavy (non-hydrogen) atoms. The van der Waals surface area contributed by atoms with E-state index in [1.807, 2.05) is 20.8 Å². The Morgan fingerprint density at radius 2 is 1.65 bits per heavy atom. The monoisotopic (exact) mass is 286 g/mol. The van der Waals surface area contributed by atoms with Gasteiger partial charge in [-0.2, -0.15) is 0 Å². The van der Waals surface area contributed by atoms with Crippen LogP contribution in [-0.4, -0.2) is 36.6 Å². The molecule has 0 saturated carbocycles. The first-order chi connectivity index (χ1) is 9.08. The van der Waals surface area contributed by atoms with Gasteiger partial charge in [0.05, 0.1) is 0 Å². The molecule has 0 aliphatic heterocycles. The smallest absolute Gasteiger partial charge is 0.225 e. The largest absolute Gasteiger partial charge is 0.396 e. The van der Waals surface area contributed by atoms with Gasteiger partial charge < -0.3 is 15.7 Å². The first kappa shape index (κ1) is 18.9. The molecule has 0 atom stereocenters. The maximum absolute atomic E-state index is 11.7. The highest BCUT2D eigenvalue weighted by Gasteiger charge is 2.21. The van der Waals surface area contributed by atoms with Crippen LogP contribution in [0, 0.1) is 10.8 Å². The molecule has 2 amide bonds. The number of carbonyl (C=O) groups is 2. The number of aliphatic hydroxyl groups excluding tert-OH is 1. The van der Waals surface area contributed by atoms with E-state index >= 15 is 0 Å². The summed E-state index contributed by atoms with van der Waals surface area (Å²) in [6, 6.07) is 0. The van der Waals surface area contributed by atoms with Gasteiger partial charge in [-0.15, -0.1) is 0 Å². The van der Waals surface area contributed by atoms with Crippen molar-refractivity contribution in [2.75, 3.05) is 19.7 Å². The minimum absolute atomic E-state index is 0.0208. The summed E-state index contributed by atoms with van der Waals surface area (Å²) in [5.41, 5.74) is -0.449. The lowest BCUT2D eigenvalue weighted by Crippen LogP contribution is -2.39. The molecule has 0 spiro atoms. The molecule has 0 aliphatic carbocycles. The Hall–Kier alpha value is -1.10. The van der Waals surface area contributed by atoms with Crippen molar-refractivity contribution in [1.82, 2.24) is 10.6 Å². The van der Waals surface area contributed by atoms with Crippen LogP contribution >= 0.6 is 0 Å². The van der Waals surface area contributed by atoms with E-state index in [1.54, 1.807) is 0 Å². The van der Waals surface area contributed by atoms with Gasteiger partial charge in [-0.1, -0.05) is 34.6 Å². The third kappa shape index (κ3) is 8.91. The number of amides is 2. The Morgan fingerprint density at radius 1 is 1.05 bits per heavy atom. The zero-order valence-electron chi connectivity index (χ0n) is 13.5. The fourth-order valence-electron chi connectivity index (χ4n) is 1.63. The second-order valence-corrected chi connectivity index (χ2v) is 7.02. The molecule has 0 rings (SSSR count). The van der Waals surface area contributed by atoms with Crippen LogP contribution in [-0.2, 0) is 9.59 Å². The lowest BCUT2D eigenvalue weighted by atomic mass is 9.88. The second-order valence-electron chi connectivity index (χ2n) is 7.02. The van der Waals surface area contributed by atoms with Gasteiger partial charge >= 0.3 is 0 Å². The molecule has 0 fully saturated rings. The van der Waals surface area contributed by atoms with E-state index in [4.69, 9.17) is 5.11 Å². The van der Waals surface area contributed by atoms with E-state index in [1.165, 1.54) is 0 Å². The van der Waals surface area contributed by atoms with Crippen LogP contribution in [0.3, 0.4) is 0 Å². The van der Waals surface area contributed by atoms with Gasteiger partial charge in [-0.05, 0) is 18.3 Å². The van der Waals surface area contributed by atoms with E-state index in [-0.39, 0.29) is 30.3 Å². The molecule has 0 saturated heterocycles. The minimum atomic E-state index is -0.428. The van der Waals surface area contributed by atoms with Crippen molar-refractivity contribution in [3.05, 3.63) is 0 Å². The summed E-state index contributed by atoms with van der Waals surface area (Å²) in [7, 11) is 0. The average molecular weight is 286 g/mol. The first-order valence-corrected chi connectivity index (χ1v) is 7.24. The zero-order chi connectivity index (χ0) is 15.8. The molecule has 0 radical (unpaired) electrons. The van der Waals surface area contributed by atoms with Gasteiger partial charge in [0, 0.05) is 31.5 Å². The fraction of sp³-hybridized carbons (Fsp3) is 0.867. The van der Waals surface area contributed by atoms with Crippen LogP contribution in [0.5, 0.6) is 0 Å². The fourth-order valence-corrected chi connectivity index (χ4v) is 1.63. The van der Waals surface area contributed by atoms with Crippen molar-refractivity contribution in [2.45, 2.75) is 53.9 Å². The minimum Gasteiger partial charge on any atom is -0.396 e. The molecule has 5 nitrogen and oxygen atoms in total. The number of aliphatic hydroxyl groups is 1. The molecule has 0 unspecified atom stereocenters. The second kappa shape index (κ2) is 8.25. The molecular weight excluding hydrogens is 256 g/mol.